The van der Waals surface area contributed by atoms with E-state index in [2.05, 4.69) is 58.0 Å². The van der Waals surface area contributed by atoms with Crippen LogP contribution in [0.15, 0.2) is 30.3 Å². The fraction of sp³-hybridized carbons (Fsp3) is 0.739. The highest BCUT2D eigenvalue weighted by molar-refractivity contribution is 5.22. The Morgan fingerprint density at radius 1 is 1.04 bits per heavy atom. The molecule has 0 saturated heterocycles. The SMILES string of the molecule is CC1CC(N)C(C)(C)C2CCC3(C)CC(Oc4ccccc4)CC3C12. The van der Waals surface area contributed by atoms with Gasteiger partial charge in [0.1, 0.15) is 5.75 Å². The number of para-hydroxylation sites is 1. The molecule has 0 amide bonds. The summed E-state index contributed by atoms with van der Waals surface area (Å²) in [5.41, 5.74) is 7.31. The second-order valence-electron chi connectivity index (χ2n) is 10.1. The quantitative estimate of drug-likeness (QED) is 0.795. The Hall–Kier alpha value is -1.02. The lowest BCUT2D eigenvalue weighted by molar-refractivity contribution is -0.0848. The maximum atomic E-state index is 6.58. The molecule has 0 heterocycles. The van der Waals surface area contributed by atoms with Crippen LogP contribution < -0.4 is 10.5 Å². The molecular formula is C23H35NO. The van der Waals surface area contributed by atoms with Crippen LogP contribution in [-0.4, -0.2) is 12.1 Å². The second kappa shape index (κ2) is 6.01. The van der Waals surface area contributed by atoms with Crippen molar-refractivity contribution in [1.82, 2.24) is 0 Å². The highest BCUT2D eigenvalue weighted by atomic mass is 16.5. The Morgan fingerprint density at radius 2 is 1.76 bits per heavy atom. The van der Waals surface area contributed by atoms with Crippen molar-refractivity contribution in [2.75, 3.05) is 0 Å². The van der Waals surface area contributed by atoms with Gasteiger partial charge < -0.3 is 10.5 Å². The van der Waals surface area contributed by atoms with Crippen LogP contribution in [0.25, 0.3) is 0 Å². The van der Waals surface area contributed by atoms with Crippen LogP contribution in [0, 0.1) is 34.5 Å². The summed E-state index contributed by atoms with van der Waals surface area (Å²) >= 11 is 0. The molecule has 1 aromatic rings. The minimum atomic E-state index is 0.275. The van der Waals surface area contributed by atoms with E-state index in [0.717, 1.165) is 29.4 Å². The molecule has 3 aliphatic carbocycles. The molecule has 3 fully saturated rings. The number of nitrogens with two attached hydrogens (primary N) is 1. The largest absolute Gasteiger partial charge is 0.490 e. The lowest BCUT2D eigenvalue weighted by atomic mass is 9.47. The van der Waals surface area contributed by atoms with Crippen molar-refractivity contribution in [3.8, 4) is 5.75 Å². The van der Waals surface area contributed by atoms with Gasteiger partial charge in [-0.05, 0) is 78.7 Å². The van der Waals surface area contributed by atoms with E-state index in [1.54, 1.807) is 0 Å². The predicted molar refractivity (Wildman–Crippen MR) is 103 cm³/mol. The zero-order valence-corrected chi connectivity index (χ0v) is 16.4. The Morgan fingerprint density at radius 3 is 2.48 bits per heavy atom. The normalized spacial score (nSPS) is 45.5. The van der Waals surface area contributed by atoms with Gasteiger partial charge in [0.05, 0.1) is 6.10 Å². The maximum Gasteiger partial charge on any atom is 0.119 e. The average molecular weight is 342 g/mol. The van der Waals surface area contributed by atoms with E-state index in [9.17, 15) is 0 Å². The van der Waals surface area contributed by atoms with Gasteiger partial charge in [-0.3, -0.25) is 0 Å². The van der Waals surface area contributed by atoms with E-state index in [-0.39, 0.29) is 5.41 Å². The van der Waals surface area contributed by atoms with Crippen molar-refractivity contribution in [2.45, 2.75) is 71.9 Å². The third-order valence-corrected chi connectivity index (χ3v) is 8.30. The van der Waals surface area contributed by atoms with Crippen LogP contribution in [0.3, 0.4) is 0 Å². The van der Waals surface area contributed by atoms with Gasteiger partial charge in [-0.25, -0.2) is 0 Å². The van der Waals surface area contributed by atoms with Crippen molar-refractivity contribution >= 4 is 0 Å². The Balaban J connectivity index is 1.57. The minimum absolute atomic E-state index is 0.275. The number of benzene rings is 1. The molecule has 0 radical (unpaired) electrons. The van der Waals surface area contributed by atoms with Gasteiger partial charge in [0.15, 0.2) is 0 Å². The monoisotopic (exact) mass is 341 g/mol. The maximum absolute atomic E-state index is 6.58. The number of ether oxygens (including phenoxy) is 1. The smallest absolute Gasteiger partial charge is 0.119 e. The summed E-state index contributed by atoms with van der Waals surface area (Å²) in [5, 5.41) is 0. The number of fused-ring (bicyclic) bond motifs is 3. The summed E-state index contributed by atoms with van der Waals surface area (Å²) in [6.45, 7) is 9.86. The summed E-state index contributed by atoms with van der Waals surface area (Å²) < 4.78 is 6.40. The van der Waals surface area contributed by atoms with Gasteiger partial charge in [0, 0.05) is 6.04 Å². The highest BCUT2D eigenvalue weighted by Crippen LogP contribution is 2.63. The third-order valence-electron chi connectivity index (χ3n) is 8.30. The zero-order valence-electron chi connectivity index (χ0n) is 16.4. The topological polar surface area (TPSA) is 35.2 Å². The molecule has 2 nitrogen and oxygen atoms in total. The Bertz CT molecular complexity index is 612. The molecule has 4 rings (SSSR count). The van der Waals surface area contributed by atoms with Crippen LogP contribution in [0.5, 0.6) is 5.75 Å². The Labute approximate surface area is 153 Å². The van der Waals surface area contributed by atoms with E-state index in [1.165, 1.54) is 32.1 Å². The predicted octanol–water partition coefficient (Wildman–Crippen LogP) is 5.27. The lowest BCUT2D eigenvalue weighted by Gasteiger charge is -2.58. The van der Waals surface area contributed by atoms with Crippen LogP contribution in [0.1, 0.15) is 59.8 Å². The molecule has 1 aromatic carbocycles. The van der Waals surface area contributed by atoms with Crippen molar-refractivity contribution < 1.29 is 4.74 Å². The molecule has 0 aliphatic heterocycles. The zero-order chi connectivity index (χ0) is 17.8. The standard InChI is InChI=1S/C23H35NO/c1-15-12-20(24)22(2,3)18-10-11-23(4)14-17(13-19(23)21(15)18)25-16-8-6-5-7-9-16/h5-9,15,17-21H,10-14,24H2,1-4H3. The molecule has 0 aromatic heterocycles. The first-order valence-corrected chi connectivity index (χ1v) is 10.3. The second-order valence-corrected chi connectivity index (χ2v) is 10.1. The molecular weight excluding hydrogens is 306 g/mol. The van der Waals surface area contributed by atoms with Crippen LogP contribution in [-0.2, 0) is 0 Å². The highest BCUT2D eigenvalue weighted by Gasteiger charge is 2.59. The summed E-state index contributed by atoms with van der Waals surface area (Å²) in [6, 6.07) is 10.7. The average Bonchev–Trinajstić information content (AvgIpc) is 2.89. The third kappa shape index (κ3) is 2.81. The molecule has 2 N–H and O–H groups in total. The van der Waals surface area contributed by atoms with Gasteiger partial charge in [0.2, 0.25) is 0 Å². The molecule has 0 spiro atoms. The molecule has 0 bridgehead atoms. The van der Waals surface area contributed by atoms with E-state index < -0.39 is 0 Å². The summed E-state index contributed by atoms with van der Waals surface area (Å²) in [7, 11) is 0. The summed E-state index contributed by atoms with van der Waals surface area (Å²) in [5.74, 6) is 4.16. The van der Waals surface area contributed by atoms with Crippen molar-refractivity contribution in [1.29, 1.82) is 0 Å². The Kier molecular flexibility index (Phi) is 4.18. The van der Waals surface area contributed by atoms with Crippen LogP contribution in [0.4, 0.5) is 0 Å². The van der Waals surface area contributed by atoms with Crippen molar-refractivity contribution in [3.05, 3.63) is 30.3 Å². The molecule has 138 valence electrons. The number of hydrogen-bond donors (Lipinski definition) is 1. The molecule has 7 atom stereocenters. The molecule has 3 saturated carbocycles. The molecule has 25 heavy (non-hydrogen) atoms. The number of hydrogen-bond acceptors (Lipinski definition) is 2. The minimum Gasteiger partial charge on any atom is -0.490 e. The summed E-state index contributed by atoms with van der Waals surface area (Å²) in [4.78, 5) is 0. The first-order valence-electron chi connectivity index (χ1n) is 10.3. The van der Waals surface area contributed by atoms with Crippen LogP contribution in [0.2, 0.25) is 0 Å². The van der Waals surface area contributed by atoms with Gasteiger partial charge in [-0.2, -0.15) is 0 Å². The van der Waals surface area contributed by atoms with Gasteiger partial charge >= 0.3 is 0 Å². The lowest BCUT2D eigenvalue weighted by Crippen LogP contribution is -2.57. The van der Waals surface area contributed by atoms with Gasteiger partial charge in [-0.15, -0.1) is 0 Å². The first kappa shape index (κ1) is 17.4. The van der Waals surface area contributed by atoms with E-state index in [4.69, 9.17) is 10.5 Å². The van der Waals surface area contributed by atoms with Crippen molar-refractivity contribution in [2.24, 2.45) is 40.2 Å². The molecule has 2 heteroatoms. The van der Waals surface area contributed by atoms with Gasteiger partial charge in [0.25, 0.3) is 0 Å². The fourth-order valence-electron chi connectivity index (χ4n) is 6.77. The fourth-order valence-corrected chi connectivity index (χ4v) is 6.77. The van der Waals surface area contributed by atoms with E-state index >= 15 is 0 Å². The van der Waals surface area contributed by atoms with Crippen molar-refractivity contribution in [3.63, 3.8) is 0 Å². The van der Waals surface area contributed by atoms with E-state index in [0.29, 0.717) is 17.6 Å². The number of rotatable bonds is 2. The van der Waals surface area contributed by atoms with Gasteiger partial charge in [-0.1, -0.05) is 45.9 Å². The first-order chi connectivity index (χ1) is 11.8. The van der Waals surface area contributed by atoms with Crippen LogP contribution >= 0.6 is 0 Å². The molecule has 7 unspecified atom stereocenters. The summed E-state index contributed by atoms with van der Waals surface area (Å²) in [6.07, 6.45) is 6.70. The molecule has 3 aliphatic rings. The van der Waals surface area contributed by atoms with E-state index in [1.807, 2.05) is 0 Å².